The van der Waals surface area contributed by atoms with Gasteiger partial charge in [-0.3, -0.25) is 4.98 Å². The molecule has 4 aromatic heterocycles. The number of hydrogen-bond acceptors (Lipinski definition) is 10. The second-order valence-electron chi connectivity index (χ2n) is 10.5. The molecule has 218 valence electrons. The maximum atomic E-state index is 13.1. The first kappa shape index (κ1) is 27.9. The third kappa shape index (κ3) is 5.14. The fourth-order valence-electron chi connectivity index (χ4n) is 5.77. The second-order valence-corrected chi connectivity index (χ2v) is 12.5. The van der Waals surface area contributed by atoms with Gasteiger partial charge in [0.2, 0.25) is 0 Å². The molecule has 42 heavy (non-hydrogen) atoms. The number of rotatable bonds is 9. The van der Waals surface area contributed by atoms with E-state index >= 15 is 0 Å². The molecule has 1 saturated carbocycles. The largest absolute Gasteiger partial charge is 0.382 e. The van der Waals surface area contributed by atoms with Gasteiger partial charge in [-0.05, 0) is 31.7 Å². The van der Waals surface area contributed by atoms with Crippen LogP contribution in [-0.2, 0) is 24.9 Å². The van der Waals surface area contributed by atoms with E-state index in [2.05, 4.69) is 25.3 Å². The summed E-state index contributed by atoms with van der Waals surface area (Å²) in [6, 6.07) is 13.8. The maximum Gasteiger partial charge on any atom is 0.180 e. The number of anilines is 1. The number of methoxy groups -OCH3 is 1. The van der Waals surface area contributed by atoms with Gasteiger partial charge in [-0.15, -0.1) is 10.2 Å². The van der Waals surface area contributed by atoms with Crippen LogP contribution in [0.25, 0.3) is 28.0 Å². The molecule has 0 radical (unpaired) electrons. The van der Waals surface area contributed by atoms with E-state index in [4.69, 9.17) is 20.2 Å². The van der Waals surface area contributed by atoms with Gasteiger partial charge in [0.15, 0.2) is 21.3 Å². The molecule has 1 fully saturated rings. The molecule has 0 unspecified atom stereocenters. The van der Waals surface area contributed by atoms with Crippen LogP contribution in [-0.4, -0.2) is 69.8 Å². The van der Waals surface area contributed by atoms with Crippen molar-refractivity contribution in [1.29, 1.82) is 0 Å². The number of benzene rings is 1. The summed E-state index contributed by atoms with van der Waals surface area (Å²) >= 11 is 0. The minimum absolute atomic E-state index is 0.0136. The smallest absolute Gasteiger partial charge is 0.180 e. The third-order valence-electron chi connectivity index (χ3n) is 7.87. The topological polar surface area (TPSA) is 163 Å². The average molecular weight is 589 g/mol. The van der Waals surface area contributed by atoms with Crippen LogP contribution in [0.4, 0.5) is 5.82 Å². The zero-order valence-electron chi connectivity index (χ0n) is 23.4. The Morgan fingerprint density at radius 1 is 1.07 bits per heavy atom. The molecule has 1 aromatic carbocycles. The summed E-state index contributed by atoms with van der Waals surface area (Å²) in [5, 5.41) is 12.6. The van der Waals surface area contributed by atoms with Gasteiger partial charge in [0, 0.05) is 42.2 Å². The maximum absolute atomic E-state index is 13.1. The first-order valence-corrected chi connectivity index (χ1v) is 15.6. The number of nitrogens with one attached hydrogen (secondary N) is 1. The highest BCUT2D eigenvalue weighted by Gasteiger charge is 2.42. The normalized spacial score (nSPS) is 19.3. The summed E-state index contributed by atoms with van der Waals surface area (Å²) in [7, 11) is -2.10. The first-order chi connectivity index (χ1) is 20.3. The first-order valence-electron chi connectivity index (χ1n) is 13.7. The zero-order valence-corrected chi connectivity index (χ0v) is 24.2. The SMILES string of the molecule is COCCO[C@]1(c2nnc[nH]2)CC[C@@H](c2nc3c(-c4ccc(-c5ccccc5)nc4)cnn3c(N)c2S(C)(=O)=O)CC1. The van der Waals surface area contributed by atoms with Crippen LogP contribution in [0.5, 0.6) is 0 Å². The fourth-order valence-corrected chi connectivity index (χ4v) is 6.83. The van der Waals surface area contributed by atoms with Crippen molar-refractivity contribution < 1.29 is 17.9 Å². The molecule has 0 saturated heterocycles. The highest BCUT2D eigenvalue weighted by atomic mass is 32.2. The highest BCUT2D eigenvalue weighted by Crippen LogP contribution is 2.46. The molecule has 0 aliphatic heterocycles. The molecular weight excluding hydrogens is 556 g/mol. The molecule has 3 N–H and O–H groups in total. The molecule has 0 amide bonds. The highest BCUT2D eigenvalue weighted by molar-refractivity contribution is 7.91. The van der Waals surface area contributed by atoms with Crippen LogP contribution in [0, 0.1) is 0 Å². The van der Waals surface area contributed by atoms with Crippen molar-refractivity contribution >= 4 is 21.3 Å². The van der Waals surface area contributed by atoms with Crippen molar-refractivity contribution in [2.75, 3.05) is 32.3 Å². The van der Waals surface area contributed by atoms with Crippen LogP contribution in [0.15, 0.2) is 66.1 Å². The van der Waals surface area contributed by atoms with Gasteiger partial charge in [0.25, 0.3) is 0 Å². The van der Waals surface area contributed by atoms with Gasteiger partial charge < -0.3 is 20.2 Å². The number of H-pyrrole nitrogens is 1. The number of pyridine rings is 1. The third-order valence-corrected chi connectivity index (χ3v) is 9.03. The van der Waals surface area contributed by atoms with Crippen LogP contribution in [0.3, 0.4) is 0 Å². The molecule has 6 rings (SSSR count). The van der Waals surface area contributed by atoms with Crippen molar-refractivity contribution in [3.05, 3.63) is 72.7 Å². The summed E-state index contributed by atoms with van der Waals surface area (Å²) in [5.74, 6) is 0.513. The van der Waals surface area contributed by atoms with E-state index in [1.165, 1.54) is 10.8 Å². The second kappa shape index (κ2) is 11.2. The van der Waals surface area contributed by atoms with E-state index in [9.17, 15) is 8.42 Å². The fraction of sp³-hybridized carbons (Fsp3) is 0.345. The number of aromatic nitrogens is 7. The molecule has 0 atom stereocenters. The van der Waals surface area contributed by atoms with Gasteiger partial charge in [-0.25, -0.2) is 13.4 Å². The monoisotopic (exact) mass is 588 g/mol. The Morgan fingerprint density at radius 2 is 1.86 bits per heavy atom. The minimum Gasteiger partial charge on any atom is -0.382 e. The summed E-state index contributed by atoms with van der Waals surface area (Å²) in [5.41, 5.74) is 10.1. The minimum atomic E-state index is -3.72. The lowest BCUT2D eigenvalue weighted by atomic mass is 9.76. The Morgan fingerprint density at radius 3 is 2.50 bits per heavy atom. The molecule has 0 spiro atoms. The van der Waals surface area contributed by atoms with Crippen LogP contribution in [0.2, 0.25) is 0 Å². The number of sulfone groups is 1. The Bertz CT molecular complexity index is 1780. The summed E-state index contributed by atoms with van der Waals surface area (Å²) in [6.45, 7) is 0.835. The van der Waals surface area contributed by atoms with E-state index in [0.29, 0.717) is 61.6 Å². The van der Waals surface area contributed by atoms with Gasteiger partial charge in [0.1, 0.15) is 22.6 Å². The van der Waals surface area contributed by atoms with Crippen molar-refractivity contribution in [3.63, 3.8) is 0 Å². The predicted molar refractivity (Wildman–Crippen MR) is 156 cm³/mol. The molecule has 13 heteroatoms. The van der Waals surface area contributed by atoms with Crippen LogP contribution >= 0.6 is 0 Å². The number of nitrogen functional groups attached to an aromatic ring is 1. The predicted octanol–water partition coefficient (Wildman–Crippen LogP) is 3.78. The summed E-state index contributed by atoms with van der Waals surface area (Å²) in [4.78, 5) is 12.7. The standard InChI is InChI=1S/C29H32N8O4S/c1-40-14-15-41-29(28-32-18-33-36-28)12-10-20(11-13-29)24-25(42(2,38)39)26(30)37-27(35-24)22(17-34-37)21-8-9-23(31-16-21)19-6-4-3-5-7-19/h3-9,16-18,20H,10-15,30H2,1-2H3,(H,32,33,36)/t20-,29-. The van der Waals surface area contributed by atoms with Gasteiger partial charge in [-0.2, -0.15) is 9.61 Å². The van der Waals surface area contributed by atoms with Crippen LogP contribution < -0.4 is 5.73 Å². The lowest BCUT2D eigenvalue weighted by molar-refractivity contribution is -0.0977. The Kier molecular flexibility index (Phi) is 7.47. The number of nitrogens with zero attached hydrogens (tertiary/aromatic N) is 6. The van der Waals surface area contributed by atoms with Crippen LogP contribution in [0.1, 0.15) is 43.1 Å². The van der Waals surface area contributed by atoms with Crippen molar-refractivity contribution in [1.82, 2.24) is 34.8 Å². The van der Waals surface area contributed by atoms with Gasteiger partial charge >= 0.3 is 0 Å². The number of nitrogens with two attached hydrogens (primary N) is 1. The summed E-state index contributed by atoms with van der Waals surface area (Å²) in [6.07, 6.45) is 8.49. The Hall–Kier alpha value is -4.20. The van der Waals surface area contributed by atoms with Crippen molar-refractivity contribution in [2.45, 2.75) is 42.1 Å². The molecule has 1 aliphatic rings. The van der Waals surface area contributed by atoms with E-state index < -0.39 is 15.4 Å². The number of hydrogen-bond donors (Lipinski definition) is 2. The van der Waals surface area contributed by atoms with E-state index in [-0.39, 0.29) is 16.6 Å². The van der Waals surface area contributed by atoms with E-state index in [1.807, 2.05) is 42.5 Å². The molecular formula is C29H32N8O4S. The quantitative estimate of drug-likeness (QED) is 0.242. The van der Waals surface area contributed by atoms with E-state index in [1.54, 1.807) is 19.5 Å². The van der Waals surface area contributed by atoms with Gasteiger partial charge in [-0.1, -0.05) is 36.4 Å². The number of aromatic amines is 1. The molecule has 12 nitrogen and oxygen atoms in total. The number of ether oxygens (including phenoxy) is 2. The lowest BCUT2D eigenvalue weighted by Gasteiger charge is -2.38. The summed E-state index contributed by atoms with van der Waals surface area (Å²) < 4.78 is 39.0. The van der Waals surface area contributed by atoms with Crippen molar-refractivity contribution in [3.8, 4) is 22.4 Å². The average Bonchev–Trinajstić information content (AvgIpc) is 3.69. The molecule has 4 heterocycles. The van der Waals surface area contributed by atoms with Gasteiger partial charge in [0.05, 0.1) is 30.8 Å². The zero-order chi connectivity index (χ0) is 29.3. The molecule has 1 aliphatic carbocycles. The van der Waals surface area contributed by atoms with E-state index in [0.717, 1.165) is 23.1 Å². The van der Waals surface area contributed by atoms with Crippen molar-refractivity contribution in [2.24, 2.45) is 0 Å². The Labute approximate surface area is 243 Å². The molecule has 5 aromatic rings. The molecule has 0 bridgehead atoms. The lowest BCUT2D eigenvalue weighted by Crippen LogP contribution is -2.37. The number of fused-ring (bicyclic) bond motifs is 1. The Balaban J connectivity index is 1.37.